The van der Waals surface area contributed by atoms with Crippen LogP contribution in [0.3, 0.4) is 0 Å². The minimum absolute atomic E-state index is 0.165. The van der Waals surface area contributed by atoms with Crippen molar-refractivity contribution in [3.8, 4) is 0 Å². The minimum Gasteiger partial charge on any atom is -0.481 e. The summed E-state index contributed by atoms with van der Waals surface area (Å²) in [6.07, 6.45) is 2.87. The number of carboxylic acid groups (broad SMARTS) is 1. The Morgan fingerprint density at radius 2 is 2.21 bits per heavy atom. The summed E-state index contributed by atoms with van der Waals surface area (Å²) in [5, 5.41) is 15.4. The van der Waals surface area contributed by atoms with E-state index < -0.39 is 5.97 Å². The standard InChI is InChI=1S/C12H19N3O3S/c1-3-5-9-10(19-15-14-9)11(16)13-7-4-6-8(2)12(17)18/h8H,3-7H2,1-2H3,(H,13,16)(H,17,18). The van der Waals surface area contributed by atoms with E-state index in [0.717, 1.165) is 30.1 Å². The zero-order valence-electron chi connectivity index (χ0n) is 11.2. The molecule has 0 saturated carbocycles. The van der Waals surface area contributed by atoms with Crippen molar-refractivity contribution in [2.24, 2.45) is 5.92 Å². The van der Waals surface area contributed by atoms with Gasteiger partial charge >= 0.3 is 5.97 Å². The Morgan fingerprint density at radius 3 is 2.84 bits per heavy atom. The van der Waals surface area contributed by atoms with Crippen LogP contribution < -0.4 is 5.32 Å². The van der Waals surface area contributed by atoms with Gasteiger partial charge in [-0.25, -0.2) is 0 Å². The first kappa shape index (κ1) is 15.6. The normalized spacial score (nSPS) is 12.1. The third-order valence-corrected chi connectivity index (χ3v) is 3.54. The first-order chi connectivity index (χ1) is 9.06. The van der Waals surface area contributed by atoms with Crippen molar-refractivity contribution in [2.45, 2.75) is 39.5 Å². The summed E-state index contributed by atoms with van der Waals surface area (Å²) in [6, 6.07) is 0. The van der Waals surface area contributed by atoms with Crippen LogP contribution in [0.4, 0.5) is 0 Å². The third-order valence-electron chi connectivity index (χ3n) is 2.77. The zero-order valence-corrected chi connectivity index (χ0v) is 12.0. The molecule has 0 saturated heterocycles. The predicted octanol–water partition coefficient (Wildman–Crippen LogP) is 1.72. The highest BCUT2D eigenvalue weighted by Crippen LogP contribution is 2.12. The number of aromatic nitrogens is 2. The number of hydrogen-bond acceptors (Lipinski definition) is 5. The molecule has 19 heavy (non-hydrogen) atoms. The van der Waals surface area contributed by atoms with E-state index in [1.165, 1.54) is 0 Å². The number of amides is 1. The Hall–Kier alpha value is -1.50. The molecule has 0 bridgehead atoms. The van der Waals surface area contributed by atoms with Crippen LogP contribution >= 0.6 is 11.5 Å². The maximum atomic E-state index is 11.9. The first-order valence-corrected chi connectivity index (χ1v) is 7.15. The molecule has 0 fully saturated rings. The molecule has 1 aromatic heterocycles. The zero-order chi connectivity index (χ0) is 14.3. The molecule has 1 unspecified atom stereocenters. The van der Waals surface area contributed by atoms with Gasteiger partial charge in [0.25, 0.3) is 5.91 Å². The van der Waals surface area contributed by atoms with Crippen molar-refractivity contribution < 1.29 is 14.7 Å². The van der Waals surface area contributed by atoms with Gasteiger partial charge in [-0.2, -0.15) is 0 Å². The van der Waals surface area contributed by atoms with Crippen LogP contribution in [0.5, 0.6) is 0 Å². The maximum absolute atomic E-state index is 11.9. The van der Waals surface area contributed by atoms with E-state index in [1.54, 1.807) is 6.92 Å². The van der Waals surface area contributed by atoms with Gasteiger partial charge < -0.3 is 10.4 Å². The van der Waals surface area contributed by atoms with Gasteiger partial charge in [-0.3, -0.25) is 9.59 Å². The topological polar surface area (TPSA) is 92.2 Å². The summed E-state index contributed by atoms with van der Waals surface area (Å²) in [7, 11) is 0. The van der Waals surface area contributed by atoms with Gasteiger partial charge in [0.1, 0.15) is 4.88 Å². The van der Waals surface area contributed by atoms with E-state index in [-0.39, 0.29) is 11.8 Å². The molecule has 2 N–H and O–H groups in total. The molecule has 1 rings (SSSR count). The highest BCUT2D eigenvalue weighted by molar-refractivity contribution is 7.08. The fraction of sp³-hybridized carbons (Fsp3) is 0.667. The van der Waals surface area contributed by atoms with E-state index in [1.807, 2.05) is 6.92 Å². The molecule has 1 heterocycles. The molecule has 1 amide bonds. The second-order valence-electron chi connectivity index (χ2n) is 4.44. The van der Waals surface area contributed by atoms with Gasteiger partial charge in [0.2, 0.25) is 0 Å². The SMILES string of the molecule is CCCc1nnsc1C(=O)NCCCC(C)C(=O)O. The molecule has 0 aliphatic rings. The highest BCUT2D eigenvalue weighted by Gasteiger charge is 2.15. The molecule has 1 atom stereocenters. The number of aliphatic carboxylic acids is 1. The van der Waals surface area contributed by atoms with Crippen molar-refractivity contribution in [1.82, 2.24) is 14.9 Å². The summed E-state index contributed by atoms with van der Waals surface area (Å²) in [4.78, 5) is 23.1. The maximum Gasteiger partial charge on any atom is 0.306 e. The number of hydrogen-bond donors (Lipinski definition) is 2. The molecule has 0 aromatic carbocycles. The highest BCUT2D eigenvalue weighted by atomic mass is 32.1. The minimum atomic E-state index is -0.803. The van der Waals surface area contributed by atoms with Crippen LogP contribution in [0.1, 0.15) is 48.5 Å². The lowest BCUT2D eigenvalue weighted by molar-refractivity contribution is -0.141. The molecule has 1 aromatic rings. The van der Waals surface area contributed by atoms with Gasteiger partial charge in [-0.1, -0.05) is 24.8 Å². The van der Waals surface area contributed by atoms with Crippen LogP contribution in [0.2, 0.25) is 0 Å². The molecule has 106 valence electrons. The van der Waals surface area contributed by atoms with Crippen molar-refractivity contribution in [3.63, 3.8) is 0 Å². The quantitative estimate of drug-likeness (QED) is 0.709. The number of nitrogens with zero attached hydrogens (tertiary/aromatic N) is 2. The number of carboxylic acids is 1. The Balaban J connectivity index is 2.35. The lowest BCUT2D eigenvalue weighted by atomic mass is 10.1. The van der Waals surface area contributed by atoms with Gasteiger partial charge in [-0.05, 0) is 30.8 Å². The predicted molar refractivity (Wildman–Crippen MR) is 72.3 cm³/mol. The van der Waals surface area contributed by atoms with Gasteiger partial charge in [0.15, 0.2) is 0 Å². The van der Waals surface area contributed by atoms with Gasteiger partial charge in [0.05, 0.1) is 11.6 Å². The van der Waals surface area contributed by atoms with Crippen LogP contribution in [0, 0.1) is 5.92 Å². The van der Waals surface area contributed by atoms with Crippen molar-refractivity contribution in [2.75, 3.05) is 6.54 Å². The summed E-state index contributed by atoms with van der Waals surface area (Å²) < 4.78 is 3.79. The Bertz CT molecular complexity index is 434. The second-order valence-corrected chi connectivity index (χ2v) is 5.19. The Morgan fingerprint density at radius 1 is 1.47 bits per heavy atom. The lowest BCUT2D eigenvalue weighted by Crippen LogP contribution is -2.25. The van der Waals surface area contributed by atoms with E-state index in [4.69, 9.17) is 5.11 Å². The first-order valence-electron chi connectivity index (χ1n) is 6.38. The number of carbonyl (C=O) groups excluding carboxylic acids is 1. The summed E-state index contributed by atoms with van der Waals surface area (Å²) in [6.45, 7) is 4.16. The average molecular weight is 285 g/mol. The van der Waals surface area contributed by atoms with Gasteiger partial charge in [-0.15, -0.1) is 5.10 Å². The average Bonchev–Trinajstić information content (AvgIpc) is 2.82. The van der Waals surface area contributed by atoms with Crippen LogP contribution in [-0.4, -0.2) is 33.1 Å². The smallest absolute Gasteiger partial charge is 0.306 e. The van der Waals surface area contributed by atoms with Crippen molar-refractivity contribution in [3.05, 3.63) is 10.6 Å². The number of carbonyl (C=O) groups is 2. The van der Waals surface area contributed by atoms with E-state index >= 15 is 0 Å². The molecule has 6 nitrogen and oxygen atoms in total. The molecule has 0 spiro atoms. The van der Waals surface area contributed by atoms with E-state index in [9.17, 15) is 9.59 Å². The van der Waals surface area contributed by atoms with Crippen LogP contribution in [-0.2, 0) is 11.2 Å². The van der Waals surface area contributed by atoms with E-state index in [2.05, 4.69) is 14.9 Å². The molecule has 0 aliphatic heterocycles. The fourth-order valence-corrected chi connectivity index (χ4v) is 2.22. The molecule has 0 aliphatic carbocycles. The molecular weight excluding hydrogens is 266 g/mol. The van der Waals surface area contributed by atoms with Crippen LogP contribution in [0.15, 0.2) is 0 Å². The molecular formula is C12H19N3O3S. The third kappa shape index (κ3) is 4.94. The number of aryl methyl sites for hydroxylation is 1. The number of rotatable bonds is 8. The van der Waals surface area contributed by atoms with Crippen molar-refractivity contribution in [1.29, 1.82) is 0 Å². The number of nitrogens with one attached hydrogen (secondary N) is 1. The van der Waals surface area contributed by atoms with Gasteiger partial charge in [0, 0.05) is 6.54 Å². The largest absolute Gasteiger partial charge is 0.481 e. The second kappa shape index (κ2) is 7.83. The molecule has 0 radical (unpaired) electrons. The molecule has 7 heteroatoms. The Kier molecular flexibility index (Phi) is 6.41. The van der Waals surface area contributed by atoms with Crippen LogP contribution in [0.25, 0.3) is 0 Å². The Labute approximate surface area is 116 Å². The van der Waals surface area contributed by atoms with Crippen molar-refractivity contribution >= 4 is 23.4 Å². The monoisotopic (exact) mass is 285 g/mol. The lowest BCUT2D eigenvalue weighted by Gasteiger charge is -2.07. The van der Waals surface area contributed by atoms with E-state index in [0.29, 0.717) is 24.3 Å². The summed E-state index contributed by atoms with van der Waals surface area (Å²) in [5.74, 6) is -1.35. The summed E-state index contributed by atoms with van der Waals surface area (Å²) >= 11 is 1.10. The fourth-order valence-electron chi connectivity index (χ4n) is 1.60. The summed E-state index contributed by atoms with van der Waals surface area (Å²) in [5.41, 5.74) is 0.740.